The molecule has 1 aromatic heterocycles. The van der Waals surface area contributed by atoms with Crippen molar-refractivity contribution >= 4 is 31.9 Å². The molecule has 1 amide bonds. The molecule has 0 atom stereocenters. The van der Waals surface area contributed by atoms with E-state index in [1.165, 1.54) is 16.3 Å². The van der Waals surface area contributed by atoms with Crippen LogP contribution in [0, 0.1) is 0 Å². The predicted octanol–water partition coefficient (Wildman–Crippen LogP) is 3.88. The molecule has 2 heterocycles. The summed E-state index contributed by atoms with van der Waals surface area (Å²) in [5, 5.41) is 4.00. The topological polar surface area (TPSA) is 106 Å². The molecule has 1 aliphatic rings. The first-order chi connectivity index (χ1) is 16.8. The normalized spacial score (nSPS) is 14.3. The number of aromatic nitrogens is 2. The zero-order valence-corrected chi connectivity index (χ0v) is 22.0. The van der Waals surface area contributed by atoms with Gasteiger partial charge in [0.1, 0.15) is 5.75 Å². The fraction of sp³-hybridized carbons (Fsp3) is 0.375. The summed E-state index contributed by atoms with van der Waals surface area (Å²) in [6, 6.07) is 12.4. The van der Waals surface area contributed by atoms with E-state index >= 15 is 0 Å². The third-order valence-electron chi connectivity index (χ3n) is 5.91. The van der Waals surface area contributed by atoms with Crippen LogP contribution < -0.4 is 4.74 Å². The molecule has 2 aromatic carbocycles. The summed E-state index contributed by atoms with van der Waals surface area (Å²) in [6.45, 7) is 1.23. The van der Waals surface area contributed by atoms with Crippen molar-refractivity contribution in [1.29, 1.82) is 0 Å². The summed E-state index contributed by atoms with van der Waals surface area (Å²) in [7, 11) is -0.362. The molecule has 0 N–H and O–H groups in total. The number of methoxy groups -OCH3 is 1. The lowest BCUT2D eigenvalue weighted by Crippen LogP contribution is -2.28. The highest BCUT2D eigenvalue weighted by atomic mass is 79.9. The van der Waals surface area contributed by atoms with Gasteiger partial charge in [0, 0.05) is 36.6 Å². The molecule has 0 unspecified atom stereocenters. The molecule has 9 nitrogen and oxygen atoms in total. The first kappa shape index (κ1) is 25.3. The van der Waals surface area contributed by atoms with Crippen LogP contribution in [0.25, 0.3) is 11.4 Å². The Balaban J connectivity index is 1.40. The van der Waals surface area contributed by atoms with E-state index in [0.717, 1.165) is 22.9 Å². The zero-order chi connectivity index (χ0) is 25.0. The minimum atomic E-state index is -3.55. The maximum absolute atomic E-state index is 12.9. The number of carbonyl (C=O) groups excluding carboxylic acids is 1. The van der Waals surface area contributed by atoms with Crippen LogP contribution in [0.1, 0.15) is 30.7 Å². The molecule has 0 spiro atoms. The summed E-state index contributed by atoms with van der Waals surface area (Å²) in [6.07, 6.45) is 2.25. The minimum absolute atomic E-state index is 0.137. The van der Waals surface area contributed by atoms with Gasteiger partial charge in [0.05, 0.1) is 18.6 Å². The second-order valence-electron chi connectivity index (χ2n) is 8.36. The molecule has 4 rings (SSSR count). The second-order valence-corrected chi connectivity index (χ2v) is 11.2. The Morgan fingerprint density at radius 3 is 2.69 bits per heavy atom. The van der Waals surface area contributed by atoms with Gasteiger partial charge in [-0.15, -0.1) is 0 Å². The van der Waals surface area contributed by atoms with Crippen molar-refractivity contribution in [1.82, 2.24) is 19.3 Å². The summed E-state index contributed by atoms with van der Waals surface area (Å²) in [5.74, 6) is 1.19. The van der Waals surface area contributed by atoms with E-state index in [1.807, 2.05) is 24.3 Å². The van der Waals surface area contributed by atoms with Crippen molar-refractivity contribution in [2.75, 3.05) is 27.2 Å². The second kappa shape index (κ2) is 10.9. The highest BCUT2D eigenvalue weighted by Gasteiger charge is 2.28. The number of nitrogens with zero attached hydrogens (tertiary/aromatic N) is 4. The number of rotatable bonds is 9. The molecule has 186 valence electrons. The molecular weight excluding hydrogens is 536 g/mol. The SMILES string of the molecule is COc1ccc(S(=O)(=O)N2CCCC2)cc1CCC(=O)N(C)Cc1nc(-c2cccc(Br)c2)no1. The fourth-order valence-corrected chi connectivity index (χ4v) is 5.94. The average molecular weight is 563 g/mol. The van der Waals surface area contributed by atoms with E-state index in [2.05, 4.69) is 26.1 Å². The number of halogens is 1. The Hall–Kier alpha value is -2.76. The molecular formula is C24H27BrN4O5S. The van der Waals surface area contributed by atoms with Crippen LogP contribution in [0.2, 0.25) is 0 Å². The summed E-state index contributed by atoms with van der Waals surface area (Å²) in [4.78, 5) is 18.9. The molecule has 0 radical (unpaired) electrons. The summed E-state index contributed by atoms with van der Waals surface area (Å²) >= 11 is 3.42. The third kappa shape index (κ3) is 5.91. The van der Waals surface area contributed by atoms with Crippen LogP contribution in [0.4, 0.5) is 0 Å². The largest absolute Gasteiger partial charge is 0.496 e. The summed E-state index contributed by atoms with van der Waals surface area (Å²) in [5.41, 5.74) is 1.48. The molecule has 0 aliphatic carbocycles. The lowest BCUT2D eigenvalue weighted by Gasteiger charge is -2.18. The van der Waals surface area contributed by atoms with Gasteiger partial charge < -0.3 is 14.2 Å². The Kier molecular flexibility index (Phi) is 7.88. The molecule has 0 saturated carbocycles. The van der Waals surface area contributed by atoms with E-state index in [0.29, 0.717) is 42.5 Å². The number of aryl methyl sites for hydroxylation is 1. The molecule has 0 bridgehead atoms. The number of ether oxygens (including phenoxy) is 1. The number of amides is 1. The van der Waals surface area contributed by atoms with E-state index in [9.17, 15) is 13.2 Å². The average Bonchev–Trinajstić information content (AvgIpc) is 3.55. The van der Waals surface area contributed by atoms with Crippen molar-refractivity contribution in [2.24, 2.45) is 0 Å². The van der Waals surface area contributed by atoms with Gasteiger partial charge in [0.2, 0.25) is 27.6 Å². The van der Waals surface area contributed by atoms with Crippen LogP contribution in [-0.2, 0) is 27.8 Å². The molecule has 11 heteroatoms. The monoisotopic (exact) mass is 562 g/mol. The van der Waals surface area contributed by atoms with Crippen molar-refractivity contribution in [3.05, 3.63) is 58.4 Å². The van der Waals surface area contributed by atoms with Gasteiger partial charge in [-0.25, -0.2) is 8.42 Å². The van der Waals surface area contributed by atoms with Crippen molar-refractivity contribution in [3.63, 3.8) is 0 Å². The molecule has 1 saturated heterocycles. The third-order valence-corrected chi connectivity index (χ3v) is 8.30. The number of hydrogen-bond acceptors (Lipinski definition) is 7. The van der Waals surface area contributed by atoms with Crippen molar-refractivity contribution < 1.29 is 22.5 Å². The van der Waals surface area contributed by atoms with Crippen LogP contribution in [0.5, 0.6) is 5.75 Å². The molecule has 35 heavy (non-hydrogen) atoms. The Morgan fingerprint density at radius 2 is 1.97 bits per heavy atom. The zero-order valence-electron chi connectivity index (χ0n) is 19.6. The number of sulfonamides is 1. The lowest BCUT2D eigenvalue weighted by molar-refractivity contribution is -0.130. The number of carbonyl (C=O) groups is 1. The predicted molar refractivity (Wildman–Crippen MR) is 133 cm³/mol. The fourth-order valence-electron chi connectivity index (χ4n) is 3.98. The van der Waals surface area contributed by atoms with Crippen molar-refractivity contribution in [2.45, 2.75) is 37.1 Å². The molecule has 3 aromatic rings. The van der Waals surface area contributed by atoms with E-state index in [1.54, 1.807) is 25.2 Å². The first-order valence-corrected chi connectivity index (χ1v) is 13.5. The molecule has 1 fully saturated rings. The Bertz CT molecular complexity index is 1300. The molecule has 1 aliphatic heterocycles. The van der Waals surface area contributed by atoms with Crippen molar-refractivity contribution in [3.8, 4) is 17.1 Å². The van der Waals surface area contributed by atoms with Crippen LogP contribution in [0.15, 0.2) is 56.4 Å². The lowest BCUT2D eigenvalue weighted by atomic mass is 10.1. The maximum Gasteiger partial charge on any atom is 0.246 e. The van der Waals surface area contributed by atoms with Gasteiger partial charge in [0.25, 0.3) is 0 Å². The smallest absolute Gasteiger partial charge is 0.246 e. The van der Waals surface area contributed by atoms with Crippen LogP contribution in [-0.4, -0.2) is 60.9 Å². The highest BCUT2D eigenvalue weighted by Crippen LogP contribution is 2.27. The van der Waals surface area contributed by atoms with Gasteiger partial charge in [-0.3, -0.25) is 4.79 Å². The van der Waals surface area contributed by atoms with Gasteiger partial charge >= 0.3 is 0 Å². The number of benzene rings is 2. The van der Waals surface area contributed by atoms with Crippen LogP contribution in [0.3, 0.4) is 0 Å². The van der Waals surface area contributed by atoms with Gasteiger partial charge in [-0.2, -0.15) is 9.29 Å². The van der Waals surface area contributed by atoms with E-state index in [4.69, 9.17) is 9.26 Å². The Labute approximate surface area is 213 Å². The standard InChI is InChI=1S/C24H27BrN4O5S/c1-28(16-22-26-24(27-34-22)18-6-5-7-19(25)14-18)23(30)11-8-17-15-20(9-10-21(17)33-2)35(31,32)29-12-3-4-13-29/h5-7,9-10,14-15H,3-4,8,11-13,16H2,1-2H3. The quantitative estimate of drug-likeness (QED) is 0.389. The minimum Gasteiger partial charge on any atom is -0.496 e. The van der Waals surface area contributed by atoms with Crippen LogP contribution >= 0.6 is 15.9 Å². The highest BCUT2D eigenvalue weighted by molar-refractivity contribution is 9.10. The van der Waals surface area contributed by atoms with E-state index < -0.39 is 10.0 Å². The van der Waals surface area contributed by atoms with E-state index in [-0.39, 0.29) is 23.8 Å². The maximum atomic E-state index is 12.9. The number of hydrogen-bond donors (Lipinski definition) is 0. The van der Waals surface area contributed by atoms with Gasteiger partial charge in [-0.1, -0.05) is 33.2 Å². The summed E-state index contributed by atoms with van der Waals surface area (Å²) < 4.78 is 39.0. The van der Waals surface area contributed by atoms with Gasteiger partial charge in [-0.05, 0) is 55.2 Å². The van der Waals surface area contributed by atoms with Gasteiger partial charge in [0.15, 0.2) is 0 Å². The Morgan fingerprint density at radius 1 is 1.20 bits per heavy atom. The first-order valence-electron chi connectivity index (χ1n) is 11.3.